The number of nitrogens with zero attached hydrogens (tertiary/aromatic N) is 6. The van der Waals surface area contributed by atoms with Crippen molar-refractivity contribution < 1.29 is 0 Å². The smallest absolute Gasteiger partial charge is 0.137 e. The van der Waals surface area contributed by atoms with Crippen molar-refractivity contribution in [2.24, 2.45) is 0 Å². The van der Waals surface area contributed by atoms with Gasteiger partial charge in [0.05, 0.1) is 17.9 Å². The van der Waals surface area contributed by atoms with Gasteiger partial charge in [0, 0.05) is 52.1 Å². The predicted molar refractivity (Wildman–Crippen MR) is 102 cm³/mol. The first kappa shape index (κ1) is 16.6. The third-order valence-corrected chi connectivity index (χ3v) is 5.51. The maximum atomic E-state index is 4.79. The predicted octanol–water partition coefficient (Wildman–Crippen LogP) is 1.23. The largest absolute Gasteiger partial charge is 0.313 e. The molecule has 0 atom stereocenters. The van der Waals surface area contributed by atoms with E-state index >= 15 is 0 Å². The first-order chi connectivity index (χ1) is 13.3. The topological polar surface area (TPSA) is 63.8 Å². The van der Waals surface area contributed by atoms with Gasteiger partial charge < -0.3 is 9.88 Å². The summed E-state index contributed by atoms with van der Waals surface area (Å²) in [5, 5.41) is 17.1. The zero-order valence-corrected chi connectivity index (χ0v) is 15.5. The van der Waals surface area contributed by atoms with E-state index < -0.39 is 0 Å². The van der Waals surface area contributed by atoms with Crippen LogP contribution in [0, 0.1) is 0 Å². The van der Waals surface area contributed by atoms with Crippen molar-refractivity contribution in [1.29, 1.82) is 0 Å². The zero-order chi connectivity index (χ0) is 18.1. The highest BCUT2D eigenvalue weighted by Gasteiger charge is 2.20. The molecular weight excluding hydrogens is 338 g/mol. The summed E-state index contributed by atoms with van der Waals surface area (Å²) < 4.78 is 4.46. The summed E-state index contributed by atoms with van der Waals surface area (Å²) in [6, 6.07) is 12.8. The molecular formula is C20H25N7. The second-order valence-electron chi connectivity index (χ2n) is 7.40. The minimum Gasteiger partial charge on any atom is -0.313 e. The number of rotatable bonds is 4. The van der Waals surface area contributed by atoms with Crippen LogP contribution in [0.25, 0.3) is 0 Å². The third-order valence-electron chi connectivity index (χ3n) is 5.51. The Balaban J connectivity index is 1.26. The molecule has 1 aromatic carbocycles. The standard InChI is InChI=1S/C20H25N7/c1-2-4-16(5-3-1)12-20-23-22-19-6-8-25(10-11-26(19)20)15-17-13-18-14-21-7-9-27(18)24-17/h1-5,13,21H,6-12,14-15H2. The average Bonchev–Trinajstić information content (AvgIpc) is 3.22. The van der Waals surface area contributed by atoms with Crippen molar-refractivity contribution in [3.8, 4) is 0 Å². The Morgan fingerprint density at radius 1 is 1.00 bits per heavy atom. The first-order valence-electron chi connectivity index (χ1n) is 9.79. The van der Waals surface area contributed by atoms with E-state index in [0.29, 0.717) is 0 Å². The van der Waals surface area contributed by atoms with Gasteiger partial charge in [-0.25, -0.2) is 0 Å². The van der Waals surface area contributed by atoms with E-state index in [1.54, 1.807) is 0 Å². The van der Waals surface area contributed by atoms with Gasteiger partial charge in [0.15, 0.2) is 0 Å². The molecule has 7 nitrogen and oxygen atoms in total. The molecule has 0 spiro atoms. The minimum atomic E-state index is 0.842. The van der Waals surface area contributed by atoms with Gasteiger partial charge in [-0.3, -0.25) is 9.58 Å². The van der Waals surface area contributed by atoms with Gasteiger partial charge in [-0.2, -0.15) is 5.10 Å². The average molecular weight is 363 g/mol. The SMILES string of the molecule is c1ccc(Cc2nnc3n2CCN(Cc2cc4n(n2)CCNC4)CC3)cc1. The summed E-state index contributed by atoms with van der Waals surface area (Å²) in [6.07, 6.45) is 1.78. The molecule has 0 saturated heterocycles. The van der Waals surface area contributed by atoms with Gasteiger partial charge in [-0.1, -0.05) is 30.3 Å². The van der Waals surface area contributed by atoms with Crippen molar-refractivity contribution in [3.05, 3.63) is 65.0 Å². The molecule has 140 valence electrons. The molecule has 0 unspecified atom stereocenters. The van der Waals surface area contributed by atoms with E-state index in [-0.39, 0.29) is 0 Å². The van der Waals surface area contributed by atoms with E-state index in [9.17, 15) is 0 Å². The van der Waals surface area contributed by atoms with Gasteiger partial charge in [-0.15, -0.1) is 10.2 Å². The fraction of sp³-hybridized carbons (Fsp3) is 0.450. The number of hydrogen-bond donors (Lipinski definition) is 1. The Kier molecular flexibility index (Phi) is 4.47. The van der Waals surface area contributed by atoms with Crippen LogP contribution in [0.2, 0.25) is 0 Å². The van der Waals surface area contributed by atoms with Crippen molar-refractivity contribution in [3.63, 3.8) is 0 Å². The second kappa shape index (κ2) is 7.25. The van der Waals surface area contributed by atoms with Crippen LogP contribution in [-0.2, 0) is 39.0 Å². The van der Waals surface area contributed by atoms with Crippen LogP contribution < -0.4 is 5.32 Å². The van der Waals surface area contributed by atoms with Crippen LogP contribution in [-0.4, -0.2) is 49.1 Å². The lowest BCUT2D eigenvalue weighted by molar-refractivity contribution is 0.266. The van der Waals surface area contributed by atoms with E-state index in [1.807, 2.05) is 0 Å². The maximum Gasteiger partial charge on any atom is 0.137 e. The molecule has 0 radical (unpaired) electrons. The quantitative estimate of drug-likeness (QED) is 0.755. The lowest BCUT2D eigenvalue weighted by Crippen LogP contribution is -2.28. The molecule has 1 N–H and O–H groups in total. The number of aromatic nitrogens is 5. The van der Waals surface area contributed by atoms with Gasteiger partial charge in [0.2, 0.25) is 0 Å². The zero-order valence-electron chi connectivity index (χ0n) is 15.5. The van der Waals surface area contributed by atoms with Crippen LogP contribution in [0.1, 0.15) is 28.6 Å². The Labute approximate surface area is 159 Å². The summed E-state index contributed by atoms with van der Waals surface area (Å²) in [6.45, 7) is 6.77. The molecule has 4 heterocycles. The van der Waals surface area contributed by atoms with Gasteiger partial charge in [-0.05, 0) is 11.6 Å². The Bertz CT molecular complexity index is 888. The highest BCUT2D eigenvalue weighted by molar-refractivity contribution is 5.19. The number of benzene rings is 1. The third kappa shape index (κ3) is 3.52. The van der Waals surface area contributed by atoms with E-state index in [2.05, 4.69) is 66.1 Å². The van der Waals surface area contributed by atoms with Crippen LogP contribution >= 0.6 is 0 Å². The van der Waals surface area contributed by atoms with Gasteiger partial charge in [0.25, 0.3) is 0 Å². The Morgan fingerprint density at radius 3 is 2.81 bits per heavy atom. The molecule has 5 rings (SSSR count). The summed E-state index contributed by atoms with van der Waals surface area (Å²) in [7, 11) is 0. The van der Waals surface area contributed by atoms with E-state index in [4.69, 9.17) is 5.10 Å². The highest BCUT2D eigenvalue weighted by Crippen LogP contribution is 2.16. The number of hydrogen-bond acceptors (Lipinski definition) is 5. The molecule has 0 saturated carbocycles. The van der Waals surface area contributed by atoms with Crippen LogP contribution in [0.4, 0.5) is 0 Å². The minimum absolute atomic E-state index is 0.842. The lowest BCUT2D eigenvalue weighted by atomic mass is 10.1. The van der Waals surface area contributed by atoms with Gasteiger partial charge in [0.1, 0.15) is 11.6 Å². The van der Waals surface area contributed by atoms with Crippen molar-refractivity contribution >= 4 is 0 Å². The highest BCUT2D eigenvalue weighted by atomic mass is 15.3. The van der Waals surface area contributed by atoms with Crippen molar-refractivity contribution in [2.75, 3.05) is 19.6 Å². The molecule has 0 bridgehead atoms. The van der Waals surface area contributed by atoms with E-state index in [0.717, 1.165) is 70.3 Å². The first-order valence-corrected chi connectivity index (χ1v) is 9.79. The summed E-state index contributed by atoms with van der Waals surface area (Å²) in [5.74, 6) is 2.18. The molecule has 0 aliphatic carbocycles. The van der Waals surface area contributed by atoms with Crippen molar-refractivity contribution in [1.82, 2.24) is 34.8 Å². The number of nitrogens with one attached hydrogen (secondary N) is 1. The summed E-state index contributed by atoms with van der Waals surface area (Å²) in [5.41, 5.74) is 3.76. The van der Waals surface area contributed by atoms with Gasteiger partial charge >= 0.3 is 0 Å². The Hall–Kier alpha value is -2.51. The summed E-state index contributed by atoms with van der Waals surface area (Å²) >= 11 is 0. The molecule has 0 fully saturated rings. The van der Waals surface area contributed by atoms with Crippen LogP contribution in [0.5, 0.6) is 0 Å². The molecule has 2 aliphatic rings. The maximum absolute atomic E-state index is 4.79. The molecule has 7 heteroatoms. The van der Waals surface area contributed by atoms with Crippen molar-refractivity contribution in [2.45, 2.75) is 39.0 Å². The van der Waals surface area contributed by atoms with E-state index in [1.165, 1.54) is 17.0 Å². The molecule has 2 aliphatic heterocycles. The molecule has 2 aromatic heterocycles. The fourth-order valence-electron chi connectivity index (χ4n) is 4.05. The lowest BCUT2D eigenvalue weighted by Gasteiger charge is -2.18. The molecule has 3 aromatic rings. The summed E-state index contributed by atoms with van der Waals surface area (Å²) in [4.78, 5) is 2.49. The van der Waals surface area contributed by atoms with Crippen LogP contribution in [0.15, 0.2) is 36.4 Å². The molecule has 0 amide bonds. The monoisotopic (exact) mass is 363 g/mol. The molecule has 27 heavy (non-hydrogen) atoms. The normalized spacial score (nSPS) is 17.3. The fourth-order valence-corrected chi connectivity index (χ4v) is 4.05. The second-order valence-corrected chi connectivity index (χ2v) is 7.40. The Morgan fingerprint density at radius 2 is 1.93 bits per heavy atom. The number of fused-ring (bicyclic) bond motifs is 2. The van der Waals surface area contributed by atoms with Crippen LogP contribution in [0.3, 0.4) is 0 Å².